The van der Waals surface area contributed by atoms with E-state index >= 15 is 0 Å². The molecule has 2 aromatic rings. The van der Waals surface area contributed by atoms with Gasteiger partial charge in [0.15, 0.2) is 0 Å². The van der Waals surface area contributed by atoms with E-state index in [0.717, 1.165) is 31.0 Å². The number of alkyl halides is 1. The smallest absolute Gasteiger partial charge is 0.319 e. The third-order valence-corrected chi connectivity index (χ3v) is 7.84. The van der Waals surface area contributed by atoms with Crippen molar-refractivity contribution >= 4 is 23.3 Å². The first-order valence-electron chi connectivity index (χ1n) is 12.8. The molecule has 2 saturated carbocycles. The van der Waals surface area contributed by atoms with Gasteiger partial charge in [-0.15, -0.1) is 0 Å². The SMILES string of the molecule is N#Cc1cccc(C23CCCCC2C3)c1.O=C(NCCCN1CCC(F)C1)Nc1ccc(F)c(Cl)c1. The van der Waals surface area contributed by atoms with Crippen LogP contribution in [0.3, 0.4) is 0 Å². The van der Waals surface area contributed by atoms with Gasteiger partial charge < -0.3 is 15.5 Å². The summed E-state index contributed by atoms with van der Waals surface area (Å²) in [7, 11) is 0. The molecular weight excluding hydrogens is 482 g/mol. The molecule has 192 valence electrons. The van der Waals surface area contributed by atoms with Gasteiger partial charge in [-0.2, -0.15) is 5.26 Å². The van der Waals surface area contributed by atoms with Gasteiger partial charge >= 0.3 is 6.03 Å². The summed E-state index contributed by atoms with van der Waals surface area (Å²) in [6.07, 6.45) is 7.51. The number of nitrogens with zero attached hydrogens (tertiary/aromatic N) is 2. The zero-order valence-corrected chi connectivity index (χ0v) is 21.2. The number of urea groups is 1. The molecule has 3 unspecified atom stereocenters. The minimum absolute atomic E-state index is 0.0392. The summed E-state index contributed by atoms with van der Waals surface area (Å²) in [5.41, 5.74) is 3.15. The van der Waals surface area contributed by atoms with Crippen molar-refractivity contribution in [3.8, 4) is 6.07 Å². The summed E-state index contributed by atoms with van der Waals surface area (Å²) in [4.78, 5) is 13.7. The number of rotatable bonds is 6. The van der Waals surface area contributed by atoms with Gasteiger partial charge in [0.2, 0.25) is 0 Å². The van der Waals surface area contributed by atoms with E-state index in [1.807, 2.05) is 17.0 Å². The lowest BCUT2D eigenvalue weighted by Gasteiger charge is -2.22. The Balaban J connectivity index is 0.000000178. The van der Waals surface area contributed by atoms with Crippen LogP contribution in [0.2, 0.25) is 5.02 Å². The minimum atomic E-state index is -0.718. The number of halogens is 3. The van der Waals surface area contributed by atoms with Crippen LogP contribution in [0.4, 0.5) is 19.3 Å². The minimum Gasteiger partial charge on any atom is -0.338 e. The van der Waals surface area contributed by atoms with Gasteiger partial charge in [-0.25, -0.2) is 13.6 Å². The van der Waals surface area contributed by atoms with Gasteiger partial charge in [-0.3, -0.25) is 0 Å². The average Bonchev–Trinajstić information content (AvgIpc) is 3.51. The molecule has 0 radical (unpaired) electrons. The molecule has 3 fully saturated rings. The van der Waals surface area contributed by atoms with Gasteiger partial charge in [-0.05, 0) is 85.9 Å². The number of benzene rings is 2. The Morgan fingerprint density at radius 1 is 1.22 bits per heavy atom. The van der Waals surface area contributed by atoms with Gasteiger partial charge in [0.05, 0.1) is 16.7 Å². The van der Waals surface area contributed by atoms with E-state index in [1.165, 1.54) is 55.9 Å². The van der Waals surface area contributed by atoms with Crippen LogP contribution in [0, 0.1) is 23.1 Å². The number of likely N-dealkylation sites (tertiary alicyclic amines) is 1. The second kappa shape index (κ2) is 12.0. The molecule has 36 heavy (non-hydrogen) atoms. The molecule has 5 nitrogen and oxygen atoms in total. The largest absolute Gasteiger partial charge is 0.338 e. The number of hydrogen-bond acceptors (Lipinski definition) is 3. The summed E-state index contributed by atoms with van der Waals surface area (Å²) in [6.45, 7) is 2.53. The maximum atomic E-state index is 13.0. The van der Waals surface area contributed by atoms with Gasteiger partial charge in [0.25, 0.3) is 0 Å². The molecule has 1 saturated heterocycles. The molecule has 5 rings (SSSR count). The van der Waals surface area contributed by atoms with Crippen molar-refractivity contribution in [1.29, 1.82) is 5.26 Å². The average molecular weight is 515 g/mol. The van der Waals surface area contributed by atoms with Gasteiger partial charge in [0, 0.05) is 25.3 Å². The Morgan fingerprint density at radius 3 is 2.81 bits per heavy atom. The quantitative estimate of drug-likeness (QED) is 0.437. The number of nitrogens with one attached hydrogen (secondary N) is 2. The number of nitriles is 1. The van der Waals surface area contributed by atoms with Crippen LogP contribution in [-0.4, -0.2) is 43.3 Å². The van der Waals surface area contributed by atoms with Crippen molar-refractivity contribution in [3.05, 3.63) is 64.4 Å². The highest BCUT2D eigenvalue weighted by Gasteiger charge is 2.55. The molecular formula is C28H33ClF2N4O. The van der Waals surface area contributed by atoms with Crippen LogP contribution < -0.4 is 10.6 Å². The highest BCUT2D eigenvalue weighted by atomic mass is 35.5. The van der Waals surface area contributed by atoms with E-state index in [9.17, 15) is 13.6 Å². The number of amides is 2. The Morgan fingerprint density at radius 2 is 2.08 bits per heavy atom. The van der Waals surface area contributed by atoms with Crippen LogP contribution in [0.1, 0.15) is 56.1 Å². The Hall–Kier alpha value is -2.69. The van der Waals surface area contributed by atoms with Crippen molar-refractivity contribution in [2.75, 3.05) is 31.5 Å². The van der Waals surface area contributed by atoms with Crippen LogP contribution in [-0.2, 0) is 5.41 Å². The molecule has 2 aromatic carbocycles. The number of anilines is 1. The first-order chi connectivity index (χ1) is 17.4. The lowest BCUT2D eigenvalue weighted by atomic mass is 9.82. The van der Waals surface area contributed by atoms with E-state index in [4.69, 9.17) is 16.9 Å². The van der Waals surface area contributed by atoms with E-state index in [0.29, 0.717) is 30.6 Å². The fourth-order valence-corrected chi connectivity index (χ4v) is 5.72. The van der Waals surface area contributed by atoms with Crippen LogP contribution in [0.15, 0.2) is 42.5 Å². The van der Waals surface area contributed by atoms with Crippen LogP contribution in [0.5, 0.6) is 0 Å². The van der Waals surface area contributed by atoms with Crippen molar-refractivity contribution in [3.63, 3.8) is 0 Å². The molecule has 0 bridgehead atoms. The summed E-state index contributed by atoms with van der Waals surface area (Å²) < 4.78 is 25.9. The lowest BCUT2D eigenvalue weighted by molar-refractivity contribution is 0.250. The summed E-state index contributed by atoms with van der Waals surface area (Å²) in [6, 6.07) is 14.1. The van der Waals surface area contributed by atoms with E-state index in [-0.39, 0.29) is 11.1 Å². The number of carbonyl (C=O) groups is 1. The molecule has 2 aliphatic carbocycles. The maximum absolute atomic E-state index is 13.0. The summed E-state index contributed by atoms with van der Waals surface area (Å²) >= 11 is 5.63. The predicted octanol–water partition coefficient (Wildman–Crippen LogP) is 6.42. The third kappa shape index (κ3) is 6.74. The molecule has 3 aliphatic rings. The molecule has 3 atom stereocenters. The standard InChI is InChI=1S/C14H18ClF2N3O.C14H15N/c15-12-8-11(2-3-13(12)17)19-14(21)18-5-1-6-20-7-4-10(16)9-20;15-10-11-4-3-6-12(8-11)14-7-2-1-5-13(14)9-14/h2-3,8,10H,1,4-7,9H2,(H2,18,19,21);3-4,6,8,13H,1-2,5,7,9H2. The highest BCUT2D eigenvalue weighted by Crippen LogP contribution is 2.62. The zero-order valence-electron chi connectivity index (χ0n) is 20.4. The monoisotopic (exact) mass is 514 g/mol. The first kappa shape index (κ1) is 26.4. The normalized spacial score (nSPS) is 24.6. The first-order valence-corrected chi connectivity index (χ1v) is 13.1. The molecule has 0 spiro atoms. The topological polar surface area (TPSA) is 68.2 Å². The second-order valence-corrected chi connectivity index (χ2v) is 10.5. The van der Waals surface area contributed by atoms with Crippen molar-refractivity contribution in [1.82, 2.24) is 10.2 Å². The van der Waals surface area contributed by atoms with Crippen molar-refractivity contribution < 1.29 is 13.6 Å². The van der Waals surface area contributed by atoms with E-state index in [1.54, 1.807) is 0 Å². The molecule has 1 aliphatic heterocycles. The van der Waals surface area contributed by atoms with Crippen molar-refractivity contribution in [2.45, 2.75) is 56.5 Å². The molecule has 2 amide bonds. The second-order valence-electron chi connectivity index (χ2n) is 10.0. The number of hydrogen-bond donors (Lipinski definition) is 2. The number of carbonyl (C=O) groups excluding carboxylic acids is 1. The van der Waals surface area contributed by atoms with Crippen molar-refractivity contribution in [2.24, 2.45) is 5.92 Å². The molecule has 8 heteroatoms. The Labute approximate surface area is 216 Å². The zero-order chi connectivity index (χ0) is 25.5. The van der Waals surface area contributed by atoms with E-state index < -0.39 is 12.0 Å². The van der Waals surface area contributed by atoms with Crippen LogP contribution >= 0.6 is 11.6 Å². The molecule has 2 N–H and O–H groups in total. The van der Waals surface area contributed by atoms with Gasteiger partial charge in [0.1, 0.15) is 12.0 Å². The lowest BCUT2D eigenvalue weighted by Crippen LogP contribution is -2.32. The van der Waals surface area contributed by atoms with Crippen LogP contribution in [0.25, 0.3) is 0 Å². The Kier molecular flexibility index (Phi) is 8.81. The fourth-order valence-electron chi connectivity index (χ4n) is 5.54. The highest BCUT2D eigenvalue weighted by molar-refractivity contribution is 6.31. The fraction of sp³-hybridized carbons (Fsp3) is 0.500. The predicted molar refractivity (Wildman–Crippen MR) is 138 cm³/mol. The maximum Gasteiger partial charge on any atom is 0.319 e. The Bertz CT molecular complexity index is 1110. The van der Waals surface area contributed by atoms with E-state index in [2.05, 4.69) is 28.8 Å². The molecule has 1 heterocycles. The summed E-state index contributed by atoms with van der Waals surface area (Å²) in [5, 5.41) is 14.1. The van der Waals surface area contributed by atoms with Gasteiger partial charge in [-0.1, -0.05) is 36.6 Å². The third-order valence-electron chi connectivity index (χ3n) is 7.55. The number of fused-ring (bicyclic) bond motifs is 1. The molecule has 0 aromatic heterocycles. The summed E-state index contributed by atoms with van der Waals surface area (Å²) in [5.74, 6) is 0.389.